The molecule has 0 bridgehead atoms. The normalized spacial score (nSPS) is 8.56. The van der Waals surface area contributed by atoms with Gasteiger partial charge in [-0.15, -0.1) is 0 Å². The fourth-order valence-corrected chi connectivity index (χ4v) is 0.311. The van der Waals surface area contributed by atoms with Crippen molar-refractivity contribution in [3.05, 3.63) is 10.4 Å². The van der Waals surface area contributed by atoms with E-state index < -0.39 is 0 Å². The summed E-state index contributed by atoms with van der Waals surface area (Å²) in [6.07, 6.45) is 0. The molecule has 5 nitrogen and oxygen atoms in total. The molecule has 5 heteroatoms. The maximum atomic E-state index is 9.73. The molecule has 0 heterocycles. The minimum absolute atomic E-state index is 0.195. The Morgan fingerprint density at radius 3 is 2.89 bits per heavy atom. The summed E-state index contributed by atoms with van der Waals surface area (Å²) >= 11 is 0. The van der Waals surface area contributed by atoms with Gasteiger partial charge in [0.15, 0.2) is 0 Å². The minimum atomic E-state index is -0.240. The van der Waals surface area contributed by atoms with E-state index >= 15 is 0 Å². The fraction of sp³-hybridized carbons (Fsp3) is 1.00. The van der Waals surface area contributed by atoms with Crippen molar-refractivity contribution in [1.29, 1.82) is 0 Å². The molecule has 0 aromatic rings. The van der Waals surface area contributed by atoms with Crippen molar-refractivity contribution >= 4 is 0 Å². The Kier molecular flexibility index (Phi) is 6.61. The first-order valence-corrected chi connectivity index (χ1v) is 2.58. The molecule has 0 N–H and O–H groups in total. The number of hydrogen-bond donors (Lipinski definition) is 0. The first kappa shape index (κ1) is 8.23. The highest BCUT2D eigenvalue weighted by Crippen LogP contribution is 1.75. The molecule has 51 valence electrons. The van der Waals surface area contributed by atoms with E-state index in [0.29, 0.717) is 13.2 Å². The van der Waals surface area contributed by atoms with Crippen LogP contribution in [0.4, 0.5) is 0 Å². The highest BCUT2D eigenvalue weighted by atomic mass is 16.5. The van der Waals surface area contributed by atoms with Gasteiger partial charge < -0.3 is 4.74 Å². The van der Waals surface area contributed by atoms with Crippen molar-refractivity contribution in [2.24, 2.45) is 5.11 Å². The molecule has 0 unspecified atom stereocenters. The second-order valence-electron chi connectivity index (χ2n) is 1.27. The van der Waals surface area contributed by atoms with Crippen LogP contribution in [0.5, 0.6) is 0 Å². The van der Waals surface area contributed by atoms with Crippen molar-refractivity contribution in [3.63, 3.8) is 0 Å². The van der Waals surface area contributed by atoms with Crippen LogP contribution in [0.1, 0.15) is 0 Å². The van der Waals surface area contributed by atoms with Gasteiger partial charge in [-0.1, -0.05) is 5.11 Å². The summed E-state index contributed by atoms with van der Waals surface area (Å²) in [6, 6.07) is 0. The van der Waals surface area contributed by atoms with Gasteiger partial charge >= 0.3 is 0 Å². The molecule has 0 aliphatic rings. The van der Waals surface area contributed by atoms with Crippen LogP contribution in [-0.4, -0.2) is 26.4 Å². The third kappa shape index (κ3) is 7.23. The lowest BCUT2D eigenvalue weighted by atomic mass is 10.7. The summed E-state index contributed by atoms with van der Waals surface area (Å²) < 4.78 is 4.71. The summed E-state index contributed by atoms with van der Waals surface area (Å²) in [5, 5.41) is 12.9. The molecule has 1 radical (unpaired) electrons. The Bertz CT molecular complexity index is 100.0. The van der Waals surface area contributed by atoms with Gasteiger partial charge in [-0.25, -0.2) is 5.11 Å². The third-order valence-electron chi connectivity index (χ3n) is 0.627. The zero-order chi connectivity index (χ0) is 6.95. The molecule has 0 fully saturated rings. The van der Waals surface area contributed by atoms with E-state index in [2.05, 4.69) is 10.0 Å². The maximum absolute atomic E-state index is 9.73. The Hall–Kier alpha value is -0.770. The molecule has 0 spiro atoms. The van der Waals surface area contributed by atoms with Crippen molar-refractivity contribution < 1.29 is 9.84 Å². The topological polar surface area (TPSA) is 77.9 Å². The summed E-state index contributed by atoms with van der Waals surface area (Å²) in [5.41, 5.74) is 7.76. The van der Waals surface area contributed by atoms with Crippen LogP contribution >= 0.6 is 0 Å². The van der Waals surface area contributed by atoms with Crippen LogP contribution < -0.4 is 0 Å². The Morgan fingerprint density at radius 2 is 2.33 bits per heavy atom. The van der Waals surface area contributed by atoms with Gasteiger partial charge in [0.05, 0.1) is 13.2 Å². The number of rotatable bonds is 5. The molecule has 0 aromatic heterocycles. The highest BCUT2D eigenvalue weighted by Gasteiger charge is 1.82. The number of nitrogens with zero attached hydrogens (tertiary/aromatic N) is 3. The van der Waals surface area contributed by atoms with Crippen LogP contribution in [-0.2, 0) is 9.84 Å². The van der Waals surface area contributed by atoms with E-state index in [0.717, 1.165) is 0 Å². The fourth-order valence-electron chi connectivity index (χ4n) is 0.311. The molecule has 9 heavy (non-hydrogen) atoms. The molecular weight excluding hydrogens is 122 g/mol. The lowest BCUT2D eigenvalue weighted by molar-refractivity contribution is 0.0677. The van der Waals surface area contributed by atoms with E-state index in [1.807, 2.05) is 0 Å². The van der Waals surface area contributed by atoms with Crippen LogP contribution in [0.3, 0.4) is 0 Å². The van der Waals surface area contributed by atoms with Crippen LogP contribution in [0, 0.1) is 0 Å². The number of azide groups is 1. The average Bonchev–Trinajstić information content (AvgIpc) is 1.89. The highest BCUT2D eigenvalue weighted by molar-refractivity contribution is 4.43. The first-order chi connectivity index (χ1) is 4.41. The predicted octanol–water partition coefficient (Wildman–Crippen LogP) is 0.744. The monoisotopic (exact) mass is 130 g/mol. The average molecular weight is 130 g/mol. The number of ether oxygens (including phenoxy) is 1. The molecule has 0 rings (SSSR count). The second kappa shape index (κ2) is 7.23. The molecule has 0 amide bonds. The SMILES string of the molecule is [N-]=[N+]=NCCOCC[O]. The van der Waals surface area contributed by atoms with Gasteiger partial charge in [-0.3, -0.25) is 0 Å². The van der Waals surface area contributed by atoms with Crippen molar-refractivity contribution in [3.8, 4) is 0 Å². The molecule has 0 saturated heterocycles. The van der Waals surface area contributed by atoms with E-state index in [9.17, 15) is 5.11 Å². The molecule has 0 aliphatic carbocycles. The van der Waals surface area contributed by atoms with Gasteiger partial charge in [0.1, 0.15) is 6.61 Å². The molecule has 0 aliphatic heterocycles. The summed E-state index contributed by atoms with van der Waals surface area (Å²) in [6.45, 7) is 0.597. The van der Waals surface area contributed by atoms with Gasteiger partial charge in [-0.2, -0.15) is 0 Å². The Balaban J connectivity index is 2.82. The van der Waals surface area contributed by atoms with Crippen LogP contribution in [0.2, 0.25) is 0 Å². The molecule has 0 saturated carbocycles. The van der Waals surface area contributed by atoms with E-state index in [-0.39, 0.29) is 13.2 Å². The van der Waals surface area contributed by atoms with Crippen molar-refractivity contribution in [2.75, 3.05) is 26.4 Å². The van der Waals surface area contributed by atoms with Crippen molar-refractivity contribution in [1.82, 2.24) is 0 Å². The van der Waals surface area contributed by atoms with Crippen molar-refractivity contribution in [2.45, 2.75) is 0 Å². The van der Waals surface area contributed by atoms with Crippen LogP contribution in [0.25, 0.3) is 10.4 Å². The third-order valence-corrected chi connectivity index (χ3v) is 0.627. The van der Waals surface area contributed by atoms with Gasteiger partial charge in [-0.05, 0) is 5.53 Å². The maximum Gasteiger partial charge on any atom is 0.106 e. The lowest BCUT2D eigenvalue weighted by Crippen LogP contribution is -2.01. The van der Waals surface area contributed by atoms with Gasteiger partial charge in [0.2, 0.25) is 0 Å². The molecular formula is C4H8N3O2. The lowest BCUT2D eigenvalue weighted by Gasteiger charge is -1.94. The molecule has 0 atom stereocenters. The van der Waals surface area contributed by atoms with E-state index in [1.54, 1.807) is 0 Å². The molecule has 0 aromatic carbocycles. The first-order valence-electron chi connectivity index (χ1n) is 2.58. The standard InChI is InChI=1S/C4H8N3O2/c5-7-6-1-3-9-4-2-8/h1-4H2. The summed E-state index contributed by atoms with van der Waals surface area (Å²) in [4.78, 5) is 2.50. The summed E-state index contributed by atoms with van der Waals surface area (Å²) in [7, 11) is 0. The second-order valence-corrected chi connectivity index (χ2v) is 1.27. The Morgan fingerprint density at radius 1 is 1.56 bits per heavy atom. The Labute approximate surface area is 52.9 Å². The van der Waals surface area contributed by atoms with Gasteiger partial charge in [0, 0.05) is 11.5 Å². The minimum Gasteiger partial charge on any atom is -0.379 e. The zero-order valence-electron chi connectivity index (χ0n) is 4.99. The van der Waals surface area contributed by atoms with Crippen LogP contribution in [0.15, 0.2) is 5.11 Å². The smallest absolute Gasteiger partial charge is 0.106 e. The quantitative estimate of drug-likeness (QED) is 0.234. The number of hydrogen-bond acceptors (Lipinski definition) is 2. The summed E-state index contributed by atoms with van der Waals surface area (Å²) in [5.74, 6) is 0. The predicted molar refractivity (Wildman–Crippen MR) is 30.4 cm³/mol. The van der Waals surface area contributed by atoms with E-state index in [4.69, 9.17) is 10.3 Å². The van der Waals surface area contributed by atoms with E-state index in [1.165, 1.54) is 0 Å². The largest absolute Gasteiger partial charge is 0.379 e. The van der Waals surface area contributed by atoms with Gasteiger partial charge in [0.25, 0.3) is 0 Å². The zero-order valence-corrected chi connectivity index (χ0v) is 4.99.